The molecule has 0 radical (unpaired) electrons. The zero-order valence-corrected chi connectivity index (χ0v) is 49.5. The second kappa shape index (κ2) is 31.4. The molecule has 0 saturated heterocycles. The van der Waals surface area contributed by atoms with E-state index >= 15 is 4.57 Å². The second-order valence-corrected chi connectivity index (χ2v) is 21.9. The highest BCUT2D eigenvalue weighted by Gasteiger charge is 2.41. The fourth-order valence-electron chi connectivity index (χ4n) is 8.90. The van der Waals surface area contributed by atoms with Crippen molar-refractivity contribution in [3.8, 4) is 17.2 Å². The third-order valence-corrected chi connectivity index (χ3v) is 13.8. The van der Waals surface area contributed by atoms with E-state index in [0.29, 0.717) is 50.1 Å². The highest BCUT2D eigenvalue weighted by Crippen LogP contribution is 2.56. The van der Waals surface area contributed by atoms with Crippen LogP contribution in [0.4, 0.5) is 0 Å². The first-order valence-electron chi connectivity index (χ1n) is 26.7. The number of phosphoric ester groups is 1. The Bertz CT molecular complexity index is 2520. The summed E-state index contributed by atoms with van der Waals surface area (Å²) in [6, 6.07) is 10.9. The van der Waals surface area contributed by atoms with E-state index in [1.165, 1.54) is 0 Å². The summed E-state index contributed by atoms with van der Waals surface area (Å²) in [5, 5.41) is 0. The lowest BCUT2D eigenvalue weighted by atomic mass is 9.90. The first kappa shape index (κ1) is 66.8. The van der Waals surface area contributed by atoms with Crippen LogP contribution in [0.25, 0.3) is 0 Å². The van der Waals surface area contributed by atoms with Gasteiger partial charge in [0.05, 0.1) is 0 Å². The molecule has 6 unspecified atom stereocenters. The minimum atomic E-state index is -5.31. The number of carbonyl (C=O) groups excluding carboxylic acids is 6. The van der Waals surface area contributed by atoms with E-state index in [9.17, 15) is 28.8 Å². The average molecular weight is 1130 g/mol. The van der Waals surface area contributed by atoms with Gasteiger partial charge in [-0.25, -0.2) is 28.8 Å². The number of phosphoric acid groups is 1. The van der Waals surface area contributed by atoms with Crippen molar-refractivity contribution in [2.75, 3.05) is 0 Å². The molecule has 0 aromatic heterocycles. The van der Waals surface area contributed by atoms with Crippen LogP contribution in [-0.2, 0) is 100 Å². The molecule has 17 heteroatoms. The average Bonchev–Trinajstić information content (AvgIpc) is 3.38. The molecule has 0 N–H and O–H groups in total. The lowest BCUT2D eigenvalue weighted by molar-refractivity contribution is -0.143. The van der Waals surface area contributed by atoms with Gasteiger partial charge >= 0.3 is 43.6 Å². The van der Waals surface area contributed by atoms with Crippen molar-refractivity contribution in [1.29, 1.82) is 0 Å². The smallest absolute Gasteiger partial charge is 0.459 e. The summed E-state index contributed by atoms with van der Waals surface area (Å²) in [6.45, 7) is 42.8. The quantitative estimate of drug-likeness (QED) is 0.0241. The van der Waals surface area contributed by atoms with Gasteiger partial charge in [-0.05, 0) is 92.7 Å². The molecule has 0 aliphatic heterocycles. The normalized spacial score (nSPS) is 14.1. The van der Waals surface area contributed by atoms with Crippen molar-refractivity contribution >= 4 is 43.6 Å². The Hall–Kier alpha value is -7.45. The predicted molar refractivity (Wildman–Crippen MR) is 308 cm³/mol. The molecule has 0 saturated carbocycles. The van der Waals surface area contributed by atoms with Gasteiger partial charge in [0.2, 0.25) is 0 Å². The van der Waals surface area contributed by atoms with Crippen molar-refractivity contribution in [3.05, 3.63) is 162 Å². The number of esters is 6. The third kappa shape index (κ3) is 20.0. The van der Waals surface area contributed by atoms with Crippen LogP contribution >= 0.6 is 7.82 Å². The lowest BCUT2D eigenvalue weighted by Crippen LogP contribution is -2.23. The molecule has 16 nitrogen and oxygen atoms in total. The van der Waals surface area contributed by atoms with E-state index in [1.54, 1.807) is 59.7 Å². The maximum absolute atomic E-state index is 17.2. The van der Waals surface area contributed by atoms with Gasteiger partial charge in [-0.2, -0.15) is 4.57 Å². The largest absolute Gasteiger partial charge is 0.647 e. The molecule has 3 aromatic rings. The lowest BCUT2D eigenvalue weighted by Gasteiger charge is -2.30. The SMILES string of the molecule is C=CC(=O)OC(C)Cc1ccc(C(C)C)c(OP(=O)(Oc2c(C(C)C)ccc(CC(C)OC(=O)C=C)c2CC(C)OC(=O)C=C)Oc2c(C(C)C)ccc(CC(C)OC(=O)C=C)c2CC(C)OC(=O)C=C)c1CC(C)OC(=O)C=C. The Morgan fingerprint density at radius 2 is 0.537 bits per heavy atom. The van der Waals surface area contributed by atoms with E-state index in [4.69, 9.17) is 42.0 Å². The van der Waals surface area contributed by atoms with Crippen LogP contribution in [0.15, 0.2) is 112 Å². The van der Waals surface area contributed by atoms with Gasteiger partial charge < -0.3 is 42.0 Å². The number of carbonyl (C=O) groups is 6. The molecule has 3 rings (SSSR count). The van der Waals surface area contributed by atoms with Gasteiger partial charge in [0.25, 0.3) is 0 Å². The maximum atomic E-state index is 17.2. The van der Waals surface area contributed by atoms with E-state index < -0.39 is 80.3 Å². The van der Waals surface area contributed by atoms with E-state index in [-0.39, 0.29) is 73.5 Å². The number of rotatable bonds is 33. The topological polar surface area (TPSA) is 203 Å². The Kier molecular flexibility index (Phi) is 26.2. The van der Waals surface area contributed by atoms with Crippen LogP contribution in [0.3, 0.4) is 0 Å². The summed E-state index contributed by atoms with van der Waals surface area (Å²) in [5.41, 5.74) is 4.56. The summed E-state index contributed by atoms with van der Waals surface area (Å²) in [4.78, 5) is 75.8. The number of hydrogen-bond acceptors (Lipinski definition) is 16. The molecule has 80 heavy (non-hydrogen) atoms. The molecule has 0 aliphatic rings. The second-order valence-electron chi connectivity index (χ2n) is 20.5. The van der Waals surface area contributed by atoms with E-state index in [1.807, 2.05) is 59.7 Å². The Balaban J connectivity index is 2.75. The third-order valence-electron chi connectivity index (χ3n) is 12.5. The minimum absolute atomic E-state index is 0.0239. The Morgan fingerprint density at radius 3 is 0.713 bits per heavy atom. The van der Waals surface area contributed by atoms with Crippen molar-refractivity contribution in [1.82, 2.24) is 0 Å². The summed E-state index contributed by atoms with van der Waals surface area (Å²) in [7, 11) is -5.31. The van der Waals surface area contributed by atoms with Crippen molar-refractivity contribution in [2.45, 2.75) is 176 Å². The summed E-state index contributed by atoms with van der Waals surface area (Å²) in [6.07, 6.45) is 1.83. The zero-order chi connectivity index (χ0) is 60.2. The van der Waals surface area contributed by atoms with E-state index in [0.717, 1.165) is 36.5 Å². The summed E-state index contributed by atoms with van der Waals surface area (Å²) >= 11 is 0. The molecule has 0 heterocycles. The number of benzene rings is 3. The maximum Gasteiger partial charge on any atom is 0.647 e. The Morgan fingerprint density at radius 1 is 0.350 bits per heavy atom. The van der Waals surface area contributed by atoms with Crippen LogP contribution in [0.2, 0.25) is 0 Å². The van der Waals surface area contributed by atoms with Crippen LogP contribution in [0.5, 0.6) is 17.2 Å². The van der Waals surface area contributed by atoms with Gasteiger partial charge in [-0.1, -0.05) is 117 Å². The zero-order valence-electron chi connectivity index (χ0n) is 48.6. The van der Waals surface area contributed by atoms with Gasteiger partial charge in [-0.15, -0.1) is 0 Å². The highest BCUT2D eigenvalue weighted by atomic mass is 31.2. The molecular formula is C63H81O16P. The van der Waals surface area contributed by atoms with Gasteiger partial charge in [-0.3, -0.25) is 0 Å². The first-order chi connectivity index (χ1) is 37.6. The minimum Gasteiger partial charge on any atom is -0.459 e. The molecule has 0 bridgehead atoms. The van der Waals surface area contributed by atoms with Crippen LogP contribution < -0.4 is 13.6 Å². The van der Waals surface area contributed by atoms with E-state index in [2.05, 4.69) is 39.5 Å². The molecule has 0 amide bonds. The van der Waals surface area contributed by atoms with Gasteiger partial charge in [0, 0.05) is 91.7 Å². The standard InChI is InChI=1S/C63H81O16P/c1-19-55(64)71-40(13)31-46-25-28-49(37(7)8)61(52(46)34-43(16)74-58(67)22-4)77-80(70,78-62-50(38(9)10)29-26-47(32-41(14)72-56(65)20-2)53(62)35-44(17)75-59(68)23-5)79-63-51(39(11)12)30-27-48(33-42(15)73-57(66)21-3)54(63)36-45(18)76-60(69)24-6/h19-30,37-45H,1-6,31-36H2,7-18H3. The molecule has 0 spiro atoms. The van der Waals surface area contributed by atoms with Crippen LogP contribution in [-0.4, -0.2) is 72.4 Å². The summed E-state index contributed by atoms with van der Waals surface area (Å²) < 4.78 is 72.6. The van der Waals surface area contributed by atoms with Gasteiger partial charge in [0.15, 0.2) is 0 Å². The van der Waals surface area contributed by atoms with Crippen molar-refractivity contribution in [3.63, 3.8) is 0 Å². The van der Waals surface area contributed by atoms with Crippen molar-refractivity contribution in [2.24, 2.45) is 0 Å². The van der Waals surface area contributed by atoms with Crippen molar-refractivity contribution < 1.29 is 75.3 Å². The molecular weight excluding hydrogens is 1040 g/mol. The fourth-order valence-corrected chi connectivity index (χ4v) is 10.3. The molecule has 0 aliphatic carbocycles. The van der Waals surface area contributed by atoms with Crippen LogP contribution in [0.1, 0.15) is 151 Å². The van der Waals surface area contributed by atoms with Gasteiger partial charge in [0.1, 0.15) is 53.9 Å². The molecule has 6 atom stereocenters. The Labute approximate surface area is 472 Å². The predicted octanol–water partition coefficient (Wildman–Crippen LogP) is 12.7. The molecule has 3 aromatic carbocycles. The monoisotopic (exact) mass is 1120 g/mol. The molecule has 434 valence electrons. The highest BCUT2D eigenvalue weighted by molar-refractivity contribution is 7.49. The molecule has 0 fully saturated rings. The number of hydrogen-bond donors (Lipinski definition) is 0. The first-order valence-corrected chi connectivity index (χ1v) is 28.2. The fraction of sp³-hybridized carbons (Fsp3) is 0.429. The van der Waals surface area contributed by atoms with Crippen LogP contribution in [0, 0.1) is 0 Å². The number of ether oxygens (including phenoxy) is 6. The summed E-state index contributed by atoms with van der Waals surface area (Å²) in [5.74, 6) is -4.90.